The summed E-state index contributed by atoms with van der Waals surface area (Å²) in [5.74, 6) is -1.29. The van der Waals surface area contributed by atoms with Gasteiger partial charge in [0.05, 0.1) is 12.2 Å². The zero-order chi connectivity index (χ0) is 17.4. The lowest BCUT2D eigenvalue weighted by molar-refractivity contribution is -0.117. The number of ether oxygens (including phenoxy) is 1. The molecule has 0 spiro atoms. The first-order valence-corrected chi connectivity index (χ1v) is 7.36. The van der Waals surface area contributed by atoms with Gasteiger partial charge in [0, 0.05) is 11.6 Å². The third-order valence-electron chi connectivity index (χ3n) is 3.05. The van der Waals surface area contributed by atoms with Gasteiger partial charge < -0.3 is 4.74 Å². The van der Waals surface area contributed by atoms with E-state index in [4.69, 9.17) is 4.74 Å². The second-order valence-electron chi connectivity index (χ2n) is 4.73. The van der Waals surface area contributed by atoms with Crippen LogP contribution in [0.15, 0.2) is 54.6 Å². The van der Waals surface area contributed by atoms with Gasteiger partial charge in [-0.05, 0) is 31.2 Å². The van der Waals surface area contributed by atoms with Crippen LogP contribution in [0.5, 0.6) is 5.75 Å². The number of hydrogen-bond acceptors (Lipinski definition) is 3. The van der Waals surface area contributed by atoms with Gasteiger partial charge in [-0.15, -0.1) is 0 Å². The molecule has 2 aromatic rings. The molecule has 124 valence electrons. The Morgan fingerprint density at radius 1 is 1.08 bits per heavy atom. The van der Waals surface area contributed by atoms with Gasteiger partial charge in [-0.2, -0.15) is 0 Å². The molecule has 2 N–H and O–H groups in total. The molecule has 0 bridgehead atoms. The molecule has 2 rings (SSSR count). The van der Waals surface area contributed by atoms with Crippen LogP contribution in [0.3, 0.4) is 0 Å². The van der Waals surface area contributed by atoms with E-state index in [1.807, 2.05) is 19.1 Å². The summed E-state index contributed by atoms with van der Waals surface area (Å²) in [4.78, 5) is 23.5. The number of amides is 2. The van der Waals surface area contributed by atoms with Crippen molar-refractivity contribution in [3.8, 4) is 5.75 Å². The number of rotatable bonds is 5. The molecule has 2 aromatic carbocycles. The van der Waals surface area contributed by atoms with Crippen molar-refractivity contribution in [3.63, 3.8) is 0 Å². The lowest BCUT2D eigenvalue weighted by Crippen LogP contribution is -2.41. The van der Waals surface area contributed by atoms with E-state index in [-0.39, 0.29) is 5.56 Å². The molecule has 0 saturated carbocycles. The largest absolute Gasteiger partial charge is 0.493 e. The molecule has 0 unspecified atom stereocenters. The smallest absolute Gasteiger partial charge is 0.272 e. The van der Waals surface area contributed by atoms with Gasteiger partial charge in [-0.3, -0.25) is 20.4 Å². The van der Waals surface area contributed by atoms with Crippen molar-refractivity contribution in [2.24, 2.45) is 0 Å². The number of carbonyl (C=O) groups is 2. The minimum Gasteiger partial charge on any atom is -0.493 e. The normalized spacial score (nSPS) is 10.4. The molecule has 0 aliphatic carbocycles. The first kappa shape index (κ1) is 17.2. The summed E-state index contributed by atoms with van der Waals surface area (Å²) in [7, 11) is 0. The van der Waals surface area contributed by atoms with E-state index in [1.54, 1.807) is 18.2 Å². The van der Waals surface area contributed by atoms with Crippen LogP contribution in [0.25, 0.3) is 6.08 Å². The molecular formula is C18H17FN2O3. The van der Waals surface area contributed by atoms with Gasteiger partial charge >= 0.3 is 0 Å². The minimum absolute atomic E-state index is 0.150. The summed E-state index contributed by atoms with van der Waals surface area (Å²) in [5.41, 5.74) is 4.93. The average Bonchev–Trinajstić information content (AvgIpc) is 2.59. The van der Waals surface area contributed by atoms with E-state index in [1.165, 1.54) is 30.3 Å². The summed E-state index contributed by atoms with van der Waals surface area (Å²) >= 11 is 0. The van der Waals surface area contributed by atoms with E-state index >= 15 is 0 Å². The molecule has 0 heterocycles. The van der Waals surface area contributed by atoms with E-state index in [0.717, 1.165) is 5.56 Å². The summed E-state index contributed by atoms with van der Waals surface area (Å²) in [5, 5.41) is 0. The molecule has 0 fully saturated rings. The Kier molecular flexibility index (Phi) is 6.08. The van der Waals surface area contributed by atoms with Gasteiger partial charge in [0.2, 0.25) is 0 Å². The maximum absolute atomic E-state index is 13.4. The fourth-order valence-electron chi connectivity index (χ4n) is 1.94. The minimum atomic E-state index is -0.732. The molecule has 24 heavy (non-hydrogen) atoms. The summed E-state index contributed by atoms with van der Waals surface area (Å²) < 4.78 is 18.9. The third kappa shape index (κ3) is 4.67. The molecule has 0 aliphatic rings. The lowest BCUT2D eigenvalue weighted by atomic mass is 10.2. The van der Waals surface area contributed by atoms with E-state index < -0.39 is 17.6 Å². The Morgan fingerprint density at radius 3 is 2.54 bits per heavy atom. The Hall–Kier alpha value is -3.15. The third-order valence-corrected chi connectivity index (χ3v) is 3.05. The number of hydrogen-bond donors (Lipinski definition) is 2. The van der Waals surface area contributed by atoms with Crippen molar-refractivity contribution in [2.75, 3.05) is 6.61 Å². The van der Waals surface area contributed by atoms with E-state index in [2.05, 4.69) is 10.9 Å². The van der Waals surface area contributed by atoms with Gasteiger partial charge in [-0.1, -0.05) is 30.3 Å². The van der Waals surface area contributed by atoms with Gasteiger partial charge in [-0.25, -0.2) is 4.39 Å². The van der Waals surface area contributed by atoms with Crippen molar-refractivity contribution >= 4 is 17.9 Å². The van der Waals surface area contributed by atoms with Crippen LogP contribution < -0.4 is 15.6 Å². The number of hydrazine groups is 1. The Morgan fingerprint density at radius 2 is 1.79 bits per heavy atom. The maximum atomic E-state index is 13.4. The number of halogens is 1. The van der Waals surface area contributed by atoms with Crippen molar-refractivity contribution in [1.29, 1.82) is 0 Å². The standard InChI is InChI=1S/C18H17FN2O3/c1-2-24-16-10-6-3-7-13(16)11-12-17(22)20-21-18(23)14-8-4-5-9-15(14)19/h3-12H,2H2,1H3,(H,20,22)(H,21,23)/b12-11+. The Labute approximate surface area is 139 Å². The molecule has 0 radical (unpaired) electrons. The van der Waals surface area contributed by atoms with Gasteiger partial charge in [0.1, 0.15) is 11.6 Å². The van der Waals surface area contributed by atoms with E-state index in [0.29, 0.717) is 12.4 Å². The quantitative estimate of drug-likeness (QED) is 0.655. The van der Waals surface area contributed by atoms with Crippen molar-refractivity contribution in [3.05, 3.63) is 71.6 Å². The Bertz CT molecular complexity index is 759. The molecule has 5 nitrogen and oxygen atoms in total. The molecule has 0 aliphatic heterocycles. The zero-order valence-electron chi connectivity index (χ0n) is 13.1. The van der Waals surface area contributed by atoms with Crippen molar-refractivity contribution in [1.82, 2.24) is 10.9 Å². The maximum Gasteiger partial charge on any atom is 0.272 e. The summed E-state index contributed by atoms with van der Waals surface area (Å²) in [6, 6.07) is 12.7. The van der Waals surface area contributed by atoms with Crippen molar-refractivity contribution < 1.29 is 18.7 Å². The molecule has 0 saturated heterocycles. The van der Waals surface area contributed by atoms with Gasteiger partial charge in [0.15, 0.2) is 0 Å². The monoisotopic (exact) mass is 328 g/mol. The topological polar surface area (TPSA) is 67.4 Å². The highest BCUT2D eigenvalue weighted by atomic mass is 19.1. The summed E-state index contributed by atoms with van der Waals surface area (Å²) in [6.07, 6.45) is 2.81. The highest BCUT2D eigenvalue weighted by Gasteiger charge is 2.10. The van der Waals surface area contributed by atoms with Crippen LogP contribution in [0.4, 0.5) is 4.39 Å². The molecule has 6 heteroatoms. The molecule has 2 amide bonds. The fourth-order valence-corrected chi connectivity index (χ4v) is 1.94. The highest BCUT2D eigenvalue weighted by molar-refractivity contribution is 5.98. The molecule has 0 atom stereocenters. The van der Waals surface area contributed by atoms with Crippen molar-refractivity contribution in [2.45, 2.75) is 6.92 Å². The summed E-state index contributed by atoms with van der Waals surface area (Å²) in [6.45, 7) is 2.38. The Balaban J connectivity index is 1.94. The zero-order valence-corrected chi connectivity index (χ0v) is 13.1. The van der Waals surface area contributed by atoms with Crippen LogP contribution in [0.2, 0.25) is 0 Å². The van der Waals surface area contributed by atoms with Crippen LogP contribution in [0, 0.1) is 5.82 Å². The van der Waals surface area contributed by atoms with E-state index in [9.17, 15) is 14.0 Å². The number of para-hydroxylation sites is 1. The van der Waals surface area contributed by atoms with Crippen LogP contribution >= 0.6 is 0 Å². The average molecular weight is 328 g/mol. The number of benzene rings is 2. The second kappa shape index (κ2) is 8.47. The first-order valence-electron chi connectivity index (χ1n) is 7.36. The predicted octanol–water partition coefficient (Wildman–Crippen LogP) is 2.70. The predicted molar refractivity (Wildman–Crippen MR) is 88.7 cm³/mol. The SMILES string of the molecule is CCOc1ccccc1/C=C/C(=O)NNC(=O)c1ccccc1F. The number of nitrogens with one attached hydrogen (secondary N) is 2. The second-order valence-corrected chi connectivity index (χ2v) is 4.73. The van der Waals surface area contributed by atoms with Gasteiger partial charge in [0.25, 0.3) is 11.8 Å². The fraction of sp³-hybridized carbons (Fsp3) is 0.111. The molecular weight excluding hydrogens is 311 g/mol. The van der Waals surface area contributed by atoms with Crippen LogP contribution in [-0.4, -0.2) is 18.4 Å². The molecule has 0 aromatic heterocycles. The highest BCUT2D eigenvalue weighted by Crippen LogP contribution is 2.19. The lowest BCUT2D eigenvalue weighted by Gasteiger charge is -2.07. The number of carbonyl (C=O) groups excluding carboxylic acids is 2. The first-order chi connectivity index (χ1) is 11.6. The van der Waals surface area contributed by atoms with Crippen LogP contribution in [-0.2, 0) is 4.79 Å². The van der Waals surface area contributed by atoms with Crippen LogP contribution in [0.1, 0.15) is 22.8 Å².